The molecule has 0 spiro atoms. The highest BCUT2D eigenvalue weighted by molar-refractivity contribution is 5.22. The summed E-state index contributed by atoms with van der Waals surface area (Å²) >= 11 is 0. The number of likely N-dealkylation sites (N-methyl/N-ethyl adjacent to an activating group) is 1. The van der Waals surface area contributed by atoms with Crippen molar-refractivity contribution < 1.29 is 0 Å². The molecule has 3 heteroatoms. The van der Waals surface area contributed by atoms with Gasteiger partial charge in [-0.3, -0.25) is 14.8 Å². The fourth-order valence-electron chi connectivity index (χ4n) is 3.82. The first-order chi connectivity index (χ1) is 11.7. The zero-order chi connectivity index (χ0) is 16.8. The van der Waals surface area contributed by atoms with Crippen molar-refractivity contribution in [3.63, 3.8) is 0 Å². The van der Waals surface area contributed by atoms with Crippen molar-refractivity contribution in [1.29, 1.82) is 0 Å². The minimum Gasteiger partial charge on any atom is -0.299 e. The number of hydrogen-bond acceptors (Lipinski definition) is 3. The predicted molar refractivity (Wildman–Crippen MR) is 99.8 cm³/mol. The minimum absolute atomic E-state index is 0.696. The summed E-state index contributed by atoms with van der Waals surface area (Å²) in [6.07, 6.45) is 6.46. The van der Waals surface area contributed by atoms with Gasteiger partial charge in [-0.15, -0.1) is 0 Å². The smallest absolute Gasteiger partial charge is 0.0271 e. The molecule has 3 rings (SSSR count). The number of pyridine rings is 1. The van der Waals surface area contributed by atoms with Crippen LogP contribution in [0.1, 0.15) is 36.5 Å². The van der Waals surface area contributed by atoms with Gasteiger partial charge in [-0.05, 0) is 56.1 Å². The molecule has 0 aliphatic carbocycles. The summed E-state index contributed by atoms with van der Waals surface area (Å²) in [6, 6.07) is 13.9. The third-order valence-electron chi connectivity index (χ3n) is 5.02. The molecule has 1 aromatic heterocycles. The fourth-order valence-corrected chi connectivity index (χ4v) is 3.82. The summed E-state index contributed by atoms with van der Waals surface area (Å²) in [5.74, 6) is 0. The first kappa shape index (κ1) is 17.1. The summed E-state index contributed by atoms with van der Waals surface area (Å²) in [7, 11) is 0. The highest BCUT2D eigenvalue weighted by Crippen LogP contribution is 2.20. The average molecular weight is 323 g/mol. The van der Waals surface area contributed by atoms with Gasteiger partial charge in [0.1, 0.15) is 0 Å². The Morgan fingerprint density at radius 3 is 2.67 bits per heavy atom. The maximum absolute atomic E-state index is 4.15. The van der Waals surface area contributed by atoms with Crippen LogP contribution in [-0.4, -0.2) is 40.5 Å². The van der Waals surface area contributed by atoms with E-state index in [2.05, 4.69) is 65.0 Å². The number of nitrogens with zero attached hydrogens (tertiary/aromatic N) is 3. The molecule has 1 saturated heterocycles. The molecule has 0 N–H and O–H groups in total. The monoisotopic (exact) mass is 323 g/mol. The van der Waals surface area contributed by atoms with Gasteiger partial charge in [0.05, 0.1) is 0 Å². The van der Waals surface area contributed by atoms with Crippen molar-refractivity contribution in [2.24, 2.45) is 0 Å². The van der Waals surface area contributed by atoms with E-state index in [1.54, 1.807) is 0 Å². The van der Waals surface area contributed by atoms with Crippen LogP contribution < -0.4 is 0 Å². The van der Waals surface area contributed by atoms with Gasteiger partial charge >= 0.3 is 0 Å². The van der Waals surface area contributed by atoms with Crippen LogP contribution in [0.4, 0.5) is 0 Å². The molecule has 1 aromatic carbocycles. The quantitative estimate of drug-likeness (QED) is 0.771. The minimum atomic E-state index is 0.696. The number of hydrogen-bond donors (Lipinski definition) is 0. The number of rotatable bonds is 7. The number of aryl methyl sites for hydroxylation is 1. The Morgan fingerprint density at radius 1 is 1.12 bits per heavy atom. The molecular weight excluding hydrogens is 294 g/mol. The van der Waals surface area contributed by atoms with E-state index in [0.29, 0.717) is 6.04 Å². The molecule has 0 bridgehead atoms. The van der Waals surface area contributed by atoms with E-state index in [4.69, 9.17) is 0 Å². The molecule has 1 aliphatic rings. The van der Waals surface area contributed by atoms with Crippen LogP contribution in [0.5, 0.6) is 0 Å². The van der Waals surface area contributed by atoms with Crippen LogP contribution in [0.3, 0.4) is 0 Å². The highest BCUT2D eigenvalue weighted by Gasteiger charge is 2.25. The Labute approximate surface area is 146 Å². The van der Waals surface area contributed by atoms with Crippen molar-refractivity contribution in [3.8, 4) is 0 Å². The van der Waals surface area contributed by atoms with Crippen LogP contribution in [0.25, 0.3) is 0 Å². The SMILES string of the molecule is CCN1CCCC1CN(Cc1ccncc1)Cc1cccc(C)c1. The summed E-state index contributed by atoms with van der Waals surface area (Å²) in [6.45, 7) is 10.0. The Kier molecular flexibility index (Phi) is 6.00. The van der Waals surface area contributed by atoms with E-state index in [-0.39, 0.29) is 0 Å². The molecular formula is C21H29N3. The van der Waals surface area contributed by atoms with Crippen LogP contribution in [0.15, 0.2) is 48.8 Å². The van der Waals surface area contributed by atoms with Crippen LogP contribution in [0, 0.1) is 6.92 Å². The molecule has 1 aliphatic heterocycles. The average Bonchev–Trinajstić information content (AvgIpc) is 3.03. The molecule has 0 saturated carbocycles. The van der Waals surface area contributed by atoms with E-state index in [9.17, 15) is 0 Å². The van der Waals surface area contributed by atoms with Gasteiger partial charge in [0, 0.05) is 38.1 Å². The summed E-state index contributed by atoms with van der Waals surface area (Å²) in [4.78, 5) is 9.38. The van der Waals surface area contributed by atoms with Crippen molar-refractivity contribution in [1.82, 2.24) is 14.8 Å². The first-order valence-electron chi connectivity index (χ1n) is 9.15. The van der Waals surface area contributed by atoms with Gasteiger partial charge in [-0.1, -0.05) is 36.8 Å². The van der Waals surface area contributed by atoms with Gasteiger partial charge in [0.25, 0.3) is 0 Å². The lowest BCUT2D eigenvalue weighted by Gasteiger charge is -2.30. The summed E-state index contributed by atoms with van der Waals surface area (Å²) in [5.41, 5.74) is 4.09. The molecule has 0 amide bonds. The second-order valence-corrected chi connectivity index (χ2v) is 6.94. The van der Waals surface area contributed by atoms with Gasteiger partial charge in [-0.25, -0.2) is 0 Å². The number of benzene rings is 1. The van der Waals surface area contributed by atoms with Crippen molar-refractivity contribution in [2.75, 3.05) is 19.6 Å². The van der Waals surface area contributed by atoms with E-state index in [1.807, 2.05) is 12.4 Å². The van der Waals surface area contributed by atoms with Crippen molar-refractivity contribution >= 4 is 0 Å². The molecule has 1 atom stereocenters. The van der Waals surface area contributed by atoms with Gasteiger partial charge < -0.3 is 0 Å². The maximum atomic E-state index is 4.15. The van der Waals surface area contributed by atoms with E-state index >= 15 is 0 Å². The maximum Gasteiger partial charge on any atom is 0.0271 e. The first-order valence-corrected chi connectivity index (χ1v) is 9.15. The van der Waals surface area contributed by atoms with Crippen molar-refractivity contribution in [3.05, 3.63) is 65.5 Å². The number of aromatic nitrogens is 1. The molecule has 3 nitrogen and oxygen atoms in total. The predicted octanol–water partition coefficient (Wildman–Crippen LogP) is 3.88. The van der Waals surface area contributed by atoms with E-state index in [1.165, 1.54) is 36.1 Å². The second-order valence-electron chi connectivity index (χ2n) is 6.94. The third-order valence-corrected chi connectivity index (χ3v) is 5.02. The molecule has 24 heavy (non-hydrogen) atoms. The molecule has 1 fully saturated rings. The van der Waals surface area contributed by atoms with Gasteiger partial charge in [0.2, 0.25) is 0 Å². The van der Waals surface area contributed by atoms with Crippen LogP contribution >= 0.6 is 0 Å². The van der Waals surface area contributed by atoms with Crippen molar-refractivity contribution in [2.45, 2.75) is 45.8 Å². The Morgan fingerprint density at radius 2 is 1.92 bits per heavy atom. The summed E-state index contributed by atoms with van der Waals surface area (Å²) < 4.78 is 0. The Hall–Kier alpha value is -1.71. The molecule has 2 aromatic rings. The standard InChI is InChI=1S/C21H29N3/c1-3-24-13-5-8-21(24)17-23(15-19-9-11-22-12-10-19)16-20-7-4-6-18(2)14-20/h4,6-7,9-12,14,21H,3,5,8,13,15-17H2,1-2H3. The lowest BCUT2D eigenvalue weighted by Crippen LogP contribution is -2.39. The second kappa shape index (κ2) is 8.41. The van der Waals surface area contributed by atoms with Crippen LogP contribution in [0.2, 0.25) is 0 Å². The zero-order valence-electron chi connectivity index (χ0n) is 15.0. The zero-order valence-corrected chi connectivity index (χ0v) is 15.0. The number of likely N-dealkylation sites (tertiary alicyclic amines) is 1. The van der Waals surface area contributed by atoms with Gasteiger partial charge in [0.15, 0.2) is 0 Å². The third kappa shape index (κ3) is 4.65. The molecule has 1 unspecified atom stereocenters. The van der Waals surface area contributed by atoms with E-state index < -0.39 is 0 Å². The molecule has 128 valence electrons. The van der Waals surface area contributed by atoms with Crippen LogP contribution in [-0.2, 0) is 13.1 Å². The van der Waals surface area contributed by atoms with Gasteiger partial charge in [-0.2, -0.15) is 0 Å². The molecule has 2 heterocycles. The normalized spacial score (nSPS) is 18.4. The summed E-state index contributed by atoms with van der Waals surface area (Å²) in [5, 5.41) is 0. The largest absolute Gasteiger partial charge is 0.299 e. The Balaban J connectivity index is 1.72. The topological polar surface area (TPSA) is 19.4 Å². The lowest BCUT2D eigenvalue weighted by molar-refractivity contribution is 0.166. The highest BCUT2D eigenvalue weighted by atomic mass is 15.2. The Bertz CT molecular complexity index is 626. The fraction of sp³-hybridized carbons (Fsp3) is 0.476. The lowest BCUT2D eigenvalue weighted by atomic mass is 10.1. The molecule has 0 radical (unpaired) electrons. The van der Waals surface area contributed by atoms with E-state index in [0.717, 1.165) is 26.2 Å².